The van der Waals surface area contributed by atoms with Gasteiger partial charge in [-0.05, 0) is 50.6 Å². The van der Waals surface area contributed by atoms with Crippen molar-refractivity contribution in [3.8, 4) is 5.75 Å². The lowest BCUT2D eigenvalue weighted by Gasteiger charge is -2.37. The Labute approximate surface area is 225 Å². The second-order valence-electron chi connectivity index (χ2n) is 9.33. The average molecular weight is 536 g/mol. The molecule has 0 saturated carbocycles. The van der Waals surface area contributed by atoms with E-state index in [9.17, 15) is 9.59 Å². The average Bonchev–Trinajstić information content (AvgIpc) is 3.18. The van der Waals surface area contributed by atoms with E-state index in [0.29, 0.717) is 39.3 Å². The first-order valence-corrected chi connectivity index (χ1v) is 13.4. The Morgan fingerprint density at radius 2 is 1.76 bits per heavy atom. The minimum Gasteiger partial charge on any atom is -0.495 e. The topological polar surface area (TPSA) is 70.4 Å². The van der Waals surface area contributed by atoms with Gasteiger partial charge in [-0.3, -0.25) is 18.9 Å². The molecule has 10 heteroatoms. The second kappa shape index (κ2) is 10.2. The number of carbonyl (C=O) groups excluding carboxylic acids is 1. The number of anilines is 2. The molecule has 0 radical (unpaired) electrons. The molecule has 2 fully saturated rings. The van der Waals surface area contributed by atoms with Crippen LogP contribution in [0.4, 0.5) is 11.5 Å². The fraction of sp³-hybridized carbons (Fsp3) is 0.333. The monoisotopic (exact) mass is 535 g/mol. The van der Waals surface area contributed by atoms with E-state index in [1.54, 1.807) is 28.7 Å². The molecule has 0 bridgehead atoms. The van der Waals surface area contributed by atoms with Crippen molar-refractivity contribution in [3.05, 3.63) is 69.0 Å². The predicted octanol–water partition coefficient (Wildman–Crippen LogP) is 3.95. The van der Waals surface area contributed by atoms with Crippen LogP contribution in [0.15, 0.2) is 52.3 Å². The summed E-state index contributed by atoms with van der Waals surface area (Å²) in [6.45, 7) is 8.61. The van der Waals surface area contributed by atoms with Crippen LogP contribution in [0.2, 0.25) is 0 Å². The Bertz CT molecular complexity index is 1470. The van der Waals surface area contributed by atoms with E-state index in [2.05, 4.69) is 15.9 Å². The Balaban J connectivity index is 1.55. The van der Waals surface area contributed by atoms with Gasteiger partial charge >= 0.3 is 0 Å². The first-order chi connectivity index (χ1) is 17.8. The molecule has 192 valence electrons. The van der Waals surface area contributed by atoms with Crippen molar-refractivity contribution in [2.45, 2.75) is 26.8 Å². The number of hydrogen-bond donors (Lipinski definition) is 0. The Kier molecular flexibility index (Phi) is 6.96. The lowest BCUT2D eigenvalue weighted by Crippen LogP contribution is -2.47. The van der Waals surface area contributed by atoms with Gasteiger partial charge in [-0.25, -0.2) is 4.98 Å². The van der Waals surface area contributed by atoms with Gasteiger partial charge in [-0.15, -0.1) is 0 Å². The standard InChI is InChI=1S/C27H29N5O3S2/c1-17(2)32-26(34)22(37-27(32)36)16-19-24(28-23-18(3)8-7-11-31(23)25(19)33)30-14-12-29(13-15-30)20-9-5-6-10-21(20)35-4/h5-11,16-17H,12-15H2,1-4H3/b22-16-. The predicted molar refractivity (Wildman–Crippen MR) is 154 cm³/mol. The van der Waals surface area contributed by atoms with Gasteiger partial charge in [0.05, 0.1) is 23.3 Å². The number of rotatable bonds is 5. The number of methoxy groups -OCH3 is 1. The van der Waals surface area contributed by atoms with Crippen molar-refractivity contribution in [2.24, 2.45) is 0 Å². The van der Waals surface area contributed by atoms with Gasteiger partial charge in [0, 0.05) is 38.4 Å². The highest BCUT2D eigenvalue weighted by molar-refractivity contribution is 8.26. The molecule has 37 heavy (non-hydrogen) atoms. The van der Waals surface area contributed by atoms with Crippen LogP contribution in [0.3, 0.4) is 0 Å². The summed E-state index contributed by atoms with van der Waals surface area (Å²) in [5.74, 6) is 1.25. The molecule has 0 unspecified atom stereocenters. The molecule has 0 N–H and O–H groups in total. The highest BCUT2D eigenvalue weighted by Gasteiger charge is 2.35. The SMILES string of the molecule is COc1ccccc1N1CCN(c2nc3c(C)cccn3c(=O)c2/C=C2\SC(=S)N(C(C)C)C2=O)CC1. The lowest BCUT2D eigenvalue weighted by molar-refractivity contribution is -0.123. The normalized spacial score (nSPS) is 17.5. The van der Waals surface area contributed by atoms with Crippen molar-refractivity contribution >= 4 is 57.4 Å². The minimum absolute atomic E-state index is 0.0561. The number of hydrogen-bond acceptors (Lipinski definition) is 8. The first kappa shape index (κ1) is 25.3. The number of thiocarbonyl (C=S) groups is 1. The van der Waals surface area contributed by atoms with E-state index < -0.39 is 0 Å². The molecular formula is C27H29N5O3S2. The quantitative estimate of drug-likeness (QED) is 0.359. The fourth-order valence-corrected chi connectivity index (χ4v) is 6.28. The number of amides is 1. The van der Waals surface area contributed by atoms with Gasteiger partial charge < -0.3 is 14.5 Å². The summed E-state index contributed by atoms with van der Waals surface area (Å²) in [5, 5.41) is 0. The molecule has 1 amide bonds. The van der Waals surface area contributed by atoms with Crippen LogP contribution < -0.4 is 20.1 Å². The fourth-order valence-electron chi connectivity index (χ4n) is 4.77. The number of para-hydroxylation sites is 2. The summed E-state index contributed by atoms with van der Waals surface area (Å²) in [4.78, 5) is 38.3. The Morgan fingerprint density at radius 1 is 1.05 bits per heavy atom. The number of aryl methyl sites for hydroxylation is 1. The van der Waals surface area contributed by atoms with Crippen molar-refractivity contribution < 1.29 is 9.53 Å². The third-order valence-electron chi connectivity index (χ3n) is 6.68. The molecule has 0 atom stereocenters. The first-order valence-electron chi connectivity index (χ1n) is 12.2. The van der Waals surface area contributed by atoms with Crippen molar-refractivity contribution in [1.82, 2.24) is 14.3 Å². The molecule has 2 saturated heterocycles. The highest BCUT2D eigenvalue weighted by Crippen LogP contribution is 2.35. The zero-order chi connectivity index (χ0) is 26.3. The van der Waals surface area contributed by atoms with Crippen molar-refractivity contribution in [2.75, 3.05) is 43.1 Å². The second-order valence-corrected chi connectivity index (χ2v) is 11.0. The Hall–Kier alpha value is -3.37. The molecule has 0 spiro atoms. The molecule has 2 aliphatic heterocycles. The number of thioether (sulfide) groups is 1. The third-order valence-corrected chi connectivity index (χ3v) is 8.02. The summed E-state index contributed by atoms with van der Waals surface area (Å²) in [5.41, 5.74) is 2.76. The number of fused-ring (bicyclic) bond motifs is 1. The zero-order valence-corrected chi connectivity index (χ0v) is 22.9. The van der Waals surface area contributed by atoms with Gasteiger partial charge in [0.25, 0.3) is 11.5 Å². The van der Waals surface area contributed by atoms with Crippen molar-refractivity contribution in [1.29, 1.82) is 0 Å². The van der Waals surface area contributed by atoms with Gasteiger partial charge in [0.15, 0.2) is 0 Å². The van der Waals surface area contributed by atoms with Gasteiger partial charge in [0.1, 0.15) is 21.5 Å². The third kappa shape index (κ3) is 4.59. The van der Waals surface area contributed by atoms with E-state index in [1.807, 2.05) is 51.1 Å². The van der Waals surface area contributed by atoms with Gasteiger partial charge in [-0.1, -0.05) is 42.2 Å². The summed E-state index contributed by atoms with van der Waals surface area (Å²) < 4.78 is 7.61. The van der Waals surface area contributed by atoms with E-state index in [4.69, 9.17) is 21.9 Å². The maximum absolute atomic E-state index is 13.8. The van der Waals surface area contributed by atoms with Gasteiger partial charge in [-0.2, -0.15) is 0 Å². The number of nitrogens with zero attached hydrogens (tertiary/aromatic N) is 5. The zero-order valence-electron chi connectivity index (χ0n) is 21.3. The lowest BCUT2D eigenvalue weighted by atomic mass is 10.2. The molecule has 4 heterocycles. The number of pyridine rings is 1. The number of benzene rings is 1. The minimum atomic E-state index is -0.203. The highest BCUT2D eigenvalue weighted by atomic mass is 32.2. The van der Waals surface area contributed by atoms with Crippen LogP contribution in [0, 0.1) is 6.92 Å². The molecule has 0 aliphatic carbocycles. The van der Waals surface area contributed by atoms with E-state index >= 15 is 0 Å². The Morgan fingerprint density at radius 3 is 2.43 bits per heavy atom. The summed E-state index contributed by atoms with van der Waals surface area (Å²) in [7, 11) is 1.68. The van der Waals surface area contributed by atoms with Crippen LogP contribution >= 0.6 is 24.0 Å². The molecule has 2 aliphatic rings. The molecule has 5 rings (SSSR count). The van der Waals surface area contributed by atoms with Crippen LogP contribution in [0.25, 0.3) is 11.7 Å². The molecule has 8 nitrogen and oxygen atoms in total. The van der Waals surface area contributed by atoms with Crippen LogP contribution in [0.5, 0.6) is 5.75 Å². The summed E-state index contributed by atoms with van der Waals surface area (Å²) in [6, 6.07) is 11.7. The molecular weight excluding hydrogens is 506 g/mol. The molecule has 2 aromatic heterocycles. The maximum atomic E-state index is 13.8. The summed E-state index contributed by atoms with van der Waals surface area (Å²) in [6.07, 6.45) is 3.39. The number of carbonyl (C=O) groups is 1. The molecule has 1 aromatic carbocycles. The largest absolute Gasteiger partial charge is 0.495 e. The number of piperazine rings is 1. The number of ether oxygens (including phenoxy) is 1. The maximum Gasteiger partial charge on any atom is 0.267 e. The molecule has 3 aromatic rings. The van der Waals surface area contributed by atoms with E-state index in [1.165, 1.54) is 11.8 Å². The van der Waals surface area contributed by atoms with Crippen LogP contribution in [-0.2, 0) is 4.79 Å². The summed E-state index contributed by atoms with van der Waals surface area (Å²) >= 11 is 6.69. The van der Waals surface area contributed by atoms with Crippen molar-refractivity contribution in [3.63, 3.8) is 0 Å². The van der Waals surface area contributed by atoms with E-state index in [-0.39, 0.29) is 17.5 Å². The van der Waals surface area contributed by atoms with E-state index in [0.717, 1.165) is 30.1 Å². The van der Waals surface area contributed by atoms with Crippen LogP contribution in [0.1, 0.15) is 25.0 Å². The van der Waals surface area contributed by atoms with Gasteiger partial charge in [0.2, 0.25) is 0 Å². The van der Waals surface area contributed by atoms with Crippen LogP contribution in [-0.4, -0.2) is 63.8 Å². The smallest absolute Gasteiger partial charge is 0.267 e. The number of aromatic nitrogens is 2.